The Morgan fingerprint density at radius 2 is 1.03 bits per heavy atom. The average molecular weight is 410 g/mol. The largest absolute Gasteiger partial charge is 0.493 e. The van der Waals surface area contributed by atoms with Gasteiger partial charge in [0.15, 0.2) is 34.6 Å². The zero-order valence-corrected chi connectivity index (χ0v) is 17.8. The number of benzene rings is 2. The molecule has 0 bridgehead atoms. The Labute approximate surface area is 176 Å². The Morgan fingerprint density at radius 1 is 0.667 bits per heavy atom. The zero-order chi connectivity index (χ0) is 22.1. The van der Waals surface area contributed by atoms with Gasteiger partial charge in [-0.2, -0.15) is 0 Å². The smallest absolute Gasteiger partial charge is 0.166 e. The third kappa shape index (κ3) is 5.73. The van der Waals surface area contributed by atoms with Gasteiger partial charge in [0, 0.05) is 0 Å². The Hall–Kier alpha value is -3.54. The molecular formula is C24H26O6. The van der Waals surface area contributed by atoms with E-state index in [0.717, 1.165) is 11.1 Å². The van der Waals surface area contributed by atoms with Gasteiger partial charge in [-0.3, -0.25) is 9.59 Å². The van der Waals surface area contributed by atoms with Gasteiger partial charge in [0.05, 0.1) is 34.4 Å². The maximum atomic E-state index is 12.4. The van der Waals surface area contributed by atoms with Crippen molar-refractivity contribution < 1.29 is 28.5 Å². The van der Waals surface area contributed by atoms with Crippen LogP contribution in [0.3, 0.4) is 0 Å². The summed E-state index contributed by atoms with van der Waals surface area (Å²) in [7, 11) is 6.20. The number of hydrogen-bond acceptors (Lipinski definition) is 6. The van der Waals surface area contributed by atoms with Gasteiger partial charge < -0.3 is 18.9 Å². The summed E-state index contributed by atoms with van der Waals surface area (Å²) in [4.78, 5) is 24.8. The summed E-state index contributed by atoms with van der Waals surface area (Å²) in [6, 6.07) is 10.6. The predicted molar refractivity (Wildman–Crippen MR) is 116 cm³/mol. The van der Waals surface area contributed by atoms with E-state index < -0.39 is 5.92 Å². The van der Waals surface area contributed by atoms with Crippen LogP contribution in [0.25, 0.3) is 12.2 Å². The Bertz CT molecular complexity index is 881. The van der Waals surface area contributed by atoms with E-state index in [1.807, 2.05) is 0 Å². The minimum Gasteiger partial charge on any atom is -0.493 e. The van der Waals surface area contributed by atoms with E-state index in [-0.39, 0.29) is 11.6 Å². The van der Waals surface area contributed by atoms with E-state index in [1.165, 1.54) is 12.2 Å². The Kier molecular flexibility index (Phi) is 8.23. The molecule has 2 rings (SSSR count). The summed E-state index contributed by atoms with van der Waals surface area (Å²) in [5, 5.41) is 0. The molecule has 0 aliphatic heterocycles. The quantitative estimate of drug-likeness (QED) is 0.431. The first-order valence-corrected chi connectivity index (χ1v) is 9.31. The summed E-state index contributed by atoms with van der Waals surface area (Å²) >= 11 is 0. The molecule has 2 aromatic rings. The van der Waals surface area contributed by atoms with Crippen molar-refractivity contribution in [3.63, 3.8) is 0 Å². The monoisotopic (exact) mass is 410 g/mol. The van der Waals surface area contributed by atoms with Crippen molar-refractivity contribution in [3.8, 4) is 23.0 Å². The highest BCUT2D eigenvalue weighted by atomic mass is 16.5. The second kappa shape index (κ2) is 10.9. The lowest BCUT2D eigenvalue weighted by molar-refractivity contribution is -0.126. The second-order valence-corrected chi connectivity index (χ2v) is 6.42. The highest BCUT2D eigenvalue weighted by Gasteiger charge is 2.17. The van der Waals surface area contributed by atoms with Gasteiger partial charge in [-0.1, -0.05) is 24.3 Å². The number of hydrogen-bond donors (Lipinski definition) is 0. The maximum absolute atomic E-state index is 12.4. The first-order chi connectivity index (χ1) is 14.4. The first kappa shape index (κ1) is 22.7. The van der Waals surface area contributed by atoms with Gasteiger partial charge in [0.1, 0.15) is 0 Å². The molecule has 30 heavy (non-hydrogen) atoms. The number of methoxy groups -OCH3 is 4. The van der Waals surface area contributed by atoms with Gasteiger partial charge in [0.25, 0.3) is 0 Å². The van der Waals surface area contributed by atoms with Crippen LogP contribution in [-0.4, -0.2) is 40.0 Å². The van der Waals surface area contributed by atoms with Crippen LogP contribution in [0, 0.1) is 5.92 Å². The Balaban J connectivity index is 2.06. The first-order valence-electron chi connectivity index (χ1n) is 9.31. The van der Waals surface area contributed by atoms with Crippen LogP contribution in [0.1, 0.15) is 18.1 Å². The summed E-state index contributed by atoms with van der Waals surface area (Å²) in [5.74, 6) is 0.967. The van der Waals surface area contributed by atoms with Crippen molar-refractivity contribution in [2.75, 3.05) is 28.4 Å². The minimum atomic E-state index is -0.794. The third-order valence-electron chi connectivity index (χ3n) is 4.55. The third-order valence-corrected chi connectivity index (χ3v) is 4.55. The lowest BCUT2D eigenvalue weighted by Crippen LogP contribution is -2.17. The van der Waals surface area contributed by atoms with Crippen LogP contribution < -0.4 is 18.9 Å². The molecule has 0 aliphatic carbocycles. The van der Waals surface area contributed by atoms with Crippen molar-refractivity contribution in [1.29, 1.82) is 0 Å². The van der Waals surface area contributed by atoms with Gasteiger partial charge in [-0.25, -0.2) is 0 Å². The number of rotatable bonds is 10. The normalized spacial score (nSPS) is 11.1. The number of carbonyl (C=O) groups excluding carboxylic acids is 2. The van der Waals surface area contributed by atoms with E-state index in [4.69, 9.17) is 18.9 Å². The molecule has 0 saturated carbocycles. The highest BCUT2D eigenvalue weighted by molar-refractivity contribution is 6.13. The van der Waals surface area contributed by atoms with Crippen LogP contribution >= 0.6 is 0 Å². The van der Waals surface area contributed by atoms with Crippen LogP contribution in [0.4, 0.5) is 0 Å². The second-order valence-electron chi connectivity index (χ2n) is 6.42. The van der Waals surface area contributed by atoms with E-state index in [1.54, 1.807) is 83.9 Å². The van der Waals surface area contributed by atoms with Crippen molar-refractivity contribution in [3.05, 3.63) is 59.7 Å². The summed E-state index contributed by atoms with van der Waals surface area (Å²) in [6.45, 7) is 1.59. The number of ketones is 2. The lowest BCUT2D eigenvalue weighted by Gasteiger charge is -2.08. The molecule has 0 aliphatic rings. The number of allylic oxidation sites excluding steroid dienone is 2. The number of carbonyl (C=O) groups is 2. The van der Waals surface area contributed by atoms with Crippen LogP contribution in [0.5, 0.6) is 23.0 Å². The van der Waals surface area contributed by atoms with Gasteiger partial charge in [-0.15, -0.1) is 0 Å². The fourth-order valence-corrected chi connectivity index (χ4v) is 2.70. The van der Waals surface area contributed by atoms with Gasteiger partial charge in [-0.05, 0) is 54.5 Å². The Morgan fingerprint density at radius 3 is 1.37 bits per heavy atom. The van der Waals surface area contributed by atoms with E-state index in [0.29, 0.717) is 23.0 Å². The molecule has 0 aromatic heterocycles. The molecule has 0 spiro atoms. The molecule has 0 N–H and O–H groups in total. The molecule has 6 heteroatoms. The van der Waals surface area contributed by atoms with Gasteiger partial charge >= 0.3 is 0 Å². The van der Waals surface area contributed by atoms with E-state index in [2.05, 4.69) is 0 Å². The molecule has 0 fully saturated rings. The van der Waals surface area contributed by atoms with Crippen molar-refractivity contribution in [2.24, 2.45) is 5.92 Å². The van der Waals surface area contributed by atoms with E-state index >= 15 is 0 Å². The highest BCUT2D eigenvalue weighted by Crippen LogP contribution is 2.29. The minimum absolute atomic E-state index is 0.285. The van der Waals surface area contributed by atoms with Crippen LogP contribution in [0.15, 0.2) is 48.6 Å². The molecule has 6 nitrogen and oxygen atoms in total. The summed E-state index contributed by atoms with van der Waals surface area (Å²) in [6.07, 6.45) is 6.08. The molecule has 0 atom stereocenters. The lowest BCUT2D eigenvalue weighted by atomic mass is 9.99. The van der Waals surface area contributed by atoms with Crippen LogP contribution in [0.2, 0.25) is 0 Å². The molecule has 0 heterocycles. The molecule has 0 radical (unpaired) electrons. The fourth-order valence-electron chi connectivity index (χ4n) is 2.70. The molecule has 0 saturated heterocycles. The molecular weight excluding hydrogens is 384 g/mol. The van der Waals surface area contributed by atoms with Gasteiger partial charge in [0.2, 0.25) is 0 Å². The van der Waals surface area contributed by atoms with Crippen molar-refractivity contribution >= 4 is 23.7 Å². The van der Waals surface area contributed by atoms with E-state index in [9.17, 15) is 9.59 Å². The van der Waals surface area contributed by atoms with Crippen molar-refractivity contribution in [1.82, 2.24) is 0 Å². The standard InChI is InChI=1S/C24H26O6/c1-16(19(25)10-6-17-8-12-21(27-2)23(14-17)29-4)20(26)11-7-18-9-13-22(28-3)24(15-18)30-5/h6-16H,1-5H3/b10-6+,11-7+. The molecule has 0 unspecified atom stereocenters. The molecule has 2 aromatic carbocycles. The summed E-state index contributed by atoms with van der Waals surface area (Å²) in [5.41, 5.74) is 1.53. The average Bonchev–Trinajstić information content (AvgIpc) is 2.79. The van der Waals surface area contributed by atoms with Crippen LogP contribution in [-0.2, 0) is 9.59 Å². The molecule has 0 amide bonds. The molecule has 158 valence electrons. The predicted octanol–water partition coefficient (Wildman–Crippen LogP) is 4.22. The summed E-state index contributed by atoms with van der Waals surface area (Å²) < 4.78 is 20.9. The topological polar surface area (TPSA) is 71.1 Å². The maximum Gasteiger partial charge on any atom is 0.166 e. The van der Waals surface area contributed by atoms with Crippen molar-refractivity contribution in [2.45, 2.75) is 6.92 Å². The zero-order valence-electron chi connectivity index (χ0n) is 17.8. The number of ether oxygens (including phenoxy) is 4. The SMILES string of the molecule is COc1ccc(/C=C/C(=O)C(C)C(=O)/C=C/c2ccc(OC)c(OC)c2)cc1OC. The fraction of sp³-hybridized carbons (Fsp3) is 0.250.